The molecule has 1 aliphatic heterocycles. The number of aliphatic carboxylic acids is 1. The van der Waals surface area contributed by atoms with E-state index >= 15 is 0 Å². The first-order valence-electron chi connectivity index (χ1n) is 6.39. The second-order valence-electron chi connectivity index (χ2n) is 4.79. The molecule has 2 unspecified atom stereocenters. The minimum Gasteiger partial charge on any atom is -0.493 e. The Morgan fingerprint density at radius 3 is 2.84 bits per heavy atom. The van der Waals surface area contributed by atoms with Crippen LogP contribution < -0.4 is 10.1 Å². The van der Waals surface area contributed by atoms with Crippen molar-refractivity contribution < 1.29 is 19.0 Å². The van der Waals surface area contributed by atoms with Crippen LogP contribution in [0.5, 0.6) is 5.75 Å². The quantitative estimate of drug-likeness (QED) is 0.877. The van der Waals surface area contributed by atoms with Crippen LogP contribution in [0.4, 0.5) is 4.39 Å². The number of carbonyl (C=O) groups is 1. The van der Waals surface area contributed by atoms with E-state index in [-0.39, 0.29) is 11.8 Å². The number of aryl methyl sites for hydroxylation is 1. The standard InChI is InChI=1S/C14H18FNO3/c1-3-8-4-10(13(19-2)11(15)5-8)12-6-9(7-16-12)14(17)18/h4-5,9,12,16H,3,6-7H2,1-2H3,(H,17,18). The topological polar surface area (TPSA) is 58.6 Å². The molecule has 5 heteroatoms. The average molecular weight is 267 g/mol. The zero-order valence-corrected chi connectivity index (χ0v) is 11.1. The summed E-state index contributed by atoms with van der Waals surface area (Å²) in [6.07, 6.45) is 1.18. The van der Waals surface area contributed by atoms with Crippen LogP contribution in [0.15, 0.2) is 12.1 Å². The Bertz CT molecular complexity index is 490. The molecule has 0 amide bonds. The Morgan fingerprint density at radius 1 is 1.58 bits per heavy atom. The number of carboxylic acid groups (broad SMARTS) is 1. The molecule has 2 atom stereocenters. The molecule has 1 aliphatic rings. The van der Waals surface area contributed by atoms with Crippen molar-refractivity contribution in [3.63, 3.8) is 0 Å². The van der Waals surface area contributed by atoms with Crippen molar-refractivity contribution in [3.8, 4) is 5.75 Å². The number of carboxylic acids is 1. The Balaban J connectivity index is 2.33. The molecule has 0 aromatic heterocycles. The van der Waals surface area contributed by atoms with Crippen LogP contribution >= 0.6 is 0 Å². The third kappa shape index (κ3) is 2.71. The van der Waals surface area contributed by atoms with Gasteiger partial charge in [0.05, 0.1) is 13.0 Å². The number of methoxy groups -OCH3 is 1. The molecular formula is C14H18FNO3. The molecule has 2 rings (SSSR count). The maximum atomic E-state index is 13.9. The van der Waals surface area contributed by atoms with Crippen molar-refractivity contribution >= 4 is 5.97 Å². The fourth-order valence-electron chi connectivity index (χ4n) is 2.51. The summed E-state index contributed by atoms with van der Waals surface area (Å²) >= 11 is 0. The van der Waals surface area contributed by atoms with Crippen molar-refractivity contribution in [3.05, 3.63) is 29.1 Å². The van der Waals surface area contributed by atoms with Crippen molar-refractivity contribution in [2.24, 2.45) is 5.92 Å². The fourth-order valence-corrected chi connectivity index (χ4v) is 2.51. The fraction of sp³-hybridized carbons (Fsp3) is 0.500. The second-order valence-corrected chi connectivity index (χ2v) is 4.79. The summed E-state index contributed by atoms with van der Waals surface area (Å²) in [6.45, 7) is 2.36. The molecule has 4 nitrogen and oxygen atoms in total. The van der Waals surface area contributed by atoms with Gasteiger partial charge in [0.2, 0.25) is 0 Å². The normalized spacial score (nSPS) is 22.5. The highest BCUT2D eigenvalue weighted by Crippen LogP contribution is 2.35. The minimum absolute atomic E-state index is 0.169. The van der Waals surface area contributed by atoms with Gasteiger partial charge in [0.15, 0.2) is 11.6 Å². The highest BCUT2D eigenvalue weighted by atomic mass is 19.1. The van der Waals surface area contributed by atoms with Gasteiger partial charge in [-0.25, -0.2) is 4.39 Å². The zero-order chi connectivity index (χ0) is 14.0. The lowest BCUT2D eigenvalue weighted by atomic mass is 9.97. The van der Waals surface area contributed by atoms with E-state index in [1.165, 1.54) is 13.2 Å². The van der Waals surface area contributed by atoms with Gasteiger partial charge in [-0.2, -0.15) is 0 Å². The molecule has 1 heterocycles. The van der Waals surface area contributed by atoms with Crippen molar-refractivity contribution in [1.82, 2.24) is 5.32 Å². The van der Waals surface area contributed by atoms with Gasteiger partial charge in [0.25, 0.3) is 0 Å². The highest BCUT2D eigenvalue weighted by Gasteiger charge is 2.32. The molecule has 104 valence electrons. The number of hydrogen-bond donors (Lipinski definition) is 2. The molecule has 0 bridgehead atoms. The second kappa shape index (κ2) is 5.57. The maximum absolute atomic E-state index is 13.9. The van der Waals surface area contributed by atoms with Crippen LogP contribution in [0.2, 0.25) is 0 Å². The summed E-state index contributed by atoms with van der Waals surface area (Å²) in [5.74, 6) is -1.43. The number of benzene rings is 1. The Hall–Kier alpha value is -1.62. The average Bonchev–Trinajstić information content (AvgIpc) is 2.87. The summed E-state index contributed by atoms with van der Waals surface area (Å²) in [5.41, 5.74) is 1.59. The van der Waals surface area contributed by atoms with Gasteiger partial charge < -0.3 is 15.2 Å². The van der Waals surface area contributed by atoms with Crippen LogP contribution in [-0.4, -0.2) is 24.7 Å². The smallest absolute Gasteiger partial charge is 0.307 e. The third-order valence-corrected chi connectivity index (χ3v) is 3.60. The van der Waals surface area contributed by atoms with Gasteiger partial charge in [-0.15, -0.1) is 0 Å². The molecule has 2 N–H and O–H groups in total. The molecule has 0 radical (unpaired) electrons. The number of nitrogens with one attached hydrogen (secondary N) is 1. The first-order chi connectivity index (χ1) is 9.06. The molecule has 1 aromatic carbocycles. The predicted molar refractivity (Wildman–Crippen MR) is 68.8 cm³/mol. The lowest BCUT2D eigenvalue weighted by Gasteiger charge is -2.17. The van der Waals surface area contributed by atoms with Crippen molar-refractivity contribution in [2.45, 2.75) is 25.8 Å². The molecule has 19 heavy (non-hydrogen) atoms. The van der Waals surface area contributed by atoms with E-state index in [9.17, 15) is 9.18 Å². The summed E-state index contributed by atoms with van der Waals surface area (Å²) in [6, 6.07) is 3.19. The first-order valence-corrected chi connectivity index (χ1v) is 6.39. The van der Waals surface area contributed by atoms with Gasteiger partial charge in [0.1, 0.15) is 0 Å². The van der Waals surface area contributed by atoms with Crippen LogP contribution in [0, 0.1) is 11.7 Å². The van der Waals surface area contributed by atoms with Gasteiger partial charge in [-0.05, 0) is 24.5 Å². The van der Waals surface area contributed by atoms with Crippen molar-refractivity contribution in [1.29, 1.82) is 0 Å². The summed E-state index contributed by atoms with van der Waals surface area (Å²) in [4.78, 5) is 11.0. The molecule has 1 aromatic rings. The highest BCUT2D eigenvalue weighted by molar-refractivity contribution is 5.71. The predicted octanol–water partition coefficient (Wildman–Crippen LogP) is 2.13. The van der Waals surface area contributed by atoms with E-state index in [1.807, 2.05) is 13.0 Å². The van der Waals surface area contributed by atoms with E-state index in [4.69, 9.17) is 9.84 Å². The monoisotopic (exact) mass is 267 g/mol. The van der Waals surface area contributed by atoms with E-state index in [1.54, 1.807) is 0 Å². The molecule has 1 saturated heterocycles. The van der Waals surface area contributed by atoms with Crippen LogP contribution in [0.3, 0.4) is 0 Å². The van der Waals surface area contributed by atoms with E-state index in [2.05, 4.69) is 5.32 Å². The largest absolute Gasteiger partial charge is 0.493 e. The first kappa shape index (κ1) is 13.8. The van der Waals surface area contributed by atoms with E-state index in [0.717, 1.165) is 12.0 Å². The van der Waals surface area contributed by atoms with Crippen LogP contribution in [-0.2, 0) is 11.2 Å². The molecule has 0 spiro atoms. The third-order valence-electron chi connectivity index (χ3n) is 3.60. The Morgan fingerprint density at radius 2 is 2.32 bits per heavy atom. The number of hydrogen-bond acceptors (Lipinski definition) is 3. The lowest BCUT2D eigenvalue weighted by molar-refractivity contribution is -0.141. The molecule has 0 aliphatic carbocycles. The van der Waals surface area contributed by atoms with Gasteiger partial charge >= 0.3 is 5.97 Å². The van der Waals surface area contributed by atoms with Crippen LogP contribution in [0.25, 0.3) is 0 Å². The van der Waals surface area contributed by atoms with Crippen LogP contribution in [0.1, 0.15) is 30.5 Å². The maximum Gasteiger partial charge on any atom is 0.307 e. The SMILES string of the molecule is CCc1cc(F)c(OC)c(C2CC(C(=O)O)CN2)c1. The van der Waals surface area contributed by atoms with Gasteiger partial charge in [-0.1, -0.05) is 13.0 Å². The Labute approximate surface area is 111 Å². The summed E-state index contributed by atoms with van der Waals surface area (Å²) < 4.78 is 19.1. The molecule has 1 fully saturated rings. The van der Waals surface area contributed by atoms with Crippen molar-refractivity contribution in [2.75, 3.05) is 13.7 Å². The zero-order valence-electron chi connectivity index (χ0n) is 11.1. The minimum atomic E-state index is -0.818. The number of ether oxygens (including phenoxy) is 1. The van der Waals surface area contributed by atoms with Gasteiger partial charge in [0, 0.05) is 18.2 Å². The number of rotatable bonds is 4. The van der Waals surface area contributed by atoms with E-state index < -0.39 is 17.7 Å². The molecular weight excluding hydrogens is 249 g/mol. The number of halogens is 1. The Kier molecular flexibility index (Phi) is 4.04. The van der Waals surface area contributed by atoms with Gasteiger partial charge in [-0.3, -0.25) is 4.79 Å². The van der Waals surface area contributed by atoms with E-state index in [0.29, 0.717) is 18.5 Å². The summed E-state index contributed by atoms with van der Waals surface area (Å²) in [5, 5.41) is 12.1. The lowest BCUT2D eigenvalue weighted by Crippen LogP contribution is -2.17. The summed E-state index contributed by atoms with van der Waals surface area (Å²) in [7, 11) is 1.43. The molecule has 0 saturated carbocycles.